The molecule has 16 heavy (non-hydrogen) atoms. The van der Waals surface area contributed by atoms with Gasteiger partial charge in [0.05, 0.1) is 5.69 Å². The molecule has 2 aromatic rings. The normalized spacial score (nSPS) is 14.8. The highest BCUT2D eigenvalue weighted by molar-refractivity contribution is 7.15. The zero-order chi connectivity index (χ0) is 11.0. The van der Waals surface area contributed by atoms with Gasteiger partial charge in [0.25, 0.3) is 0 Å². The molecule has 1 aliphatic rings. The fraction of sp³-hybridized carbons (Fsp3) is 0.250. The van der Waals surface area contributed by atoms with E-state index in [0.29, 0.717) is 0 Å². The summed E-state index contributed by atoms with van der Waals surface area (Å²) in [6.07, 6.45) is 1.03. The molecule has 0 atom stereocenters. The van der Waals surface area contributed by atoms with Crippen molar-refractivity contribution < 1.29 is 4.39 Å². The molecule has 0 radical (unpaired) electrons. The number of benzene rings is 1. The molecule has 0 spiro atoms. The first-order valence-corrected chi connectivity index (χ1v) is 6.10. The minimum absolute atomic E-state index is 0.205. The van der Waals surface area contributed by atoms with Crippen LogP contribution in [0.2, 0.25) is 0 Å². The number of hydrogen-bond acceptors (Lipinski definition) is 3. The summed E-state index contributed by atoms with van der Waals surface area (Å²) in [5.41, 5.74) is 2.00. The number of nitrogens with one attached hydrogen (secondary N) is 1. The average molecular weight is 234 g/mol. The fourth-order valence-corrected chi connectivity index (χ4v) is 2.94. The molecule has 82 valence electrons. The largest absolute Gasteiger partial charge is 0.311 e. The minimum atomic E-state index is -0.205. The average Bonchev–Trinajstić information content (AvgIpc) is 2.72. The van der Waals surface area contributed by atoms with Crippen LogP contribution in [-0.4, -0.2) is 11.5 Å². The van der Waals surface area contributed by atoms with Gasteiger partial charge < -0.3 is 5.32 Å². The van der Waals surface area contributed by atoms with Crippen molar-refractivity contribution in [2.75, 3.05) is 6.54 Å². The third kappa shape index (κ3) is 1.74. The van der Waals surface area contributed by atoms with Gasteiger partial charge in [0.1, 0.15) is 10.8 Å². The predicted molar refractivity (Wildman–Crippen MR) is 62.9 cm³/mol. The summed E-state index contributed by atoms with van der Waals surface area (Å²) in [4.78, 5) is 5.88. The van der Waals surface area contributed by atoms with Gasteiger partial charge in [-0.3, -0.25) is 0 Å². The van der Waals surface area contributed by atoms with Crippen LogP contribution in [0.5, 0.6) is 0 Å². The van der Waals surface area contributed by atoms with Crippen molar-refractivity contribution in [3.63, 3.8) is 0 Å². The van der Waals surface area contributed by atoms with Crippen molar-refractivity contribution in [1.82, 2.24) is 10.3 Å². The van der Waals surface area contributed by atoms with Crippen molar-refractivity contribution in [3.8, 4) is 10.6 Å². The molecule has 1 aromatic carbocycles. The Morgan fingerprint density at radius 1 is 1.38 bits per heavy atom. The Morgan fingerprint density at radius 2 is 2.31 bits per heavy atom. The fourth-order valence-electron chi connectivity index (χ4n) is 1.87. The van der Waals surface area contributed by atoms with E-state index in [4.69, 9.17) is 0 Å². The maximum Gasteiger partial charge on any atom is 0.124 e. The number of fused-ring (bicyclic) bond motifs is 1. The first kappa shape index (κ1) is 9.93. The zero-order valence-corrected chi connectivity index (χ0v) is 9.48. The number of rotatable bonds is 1. The maximum absolute atomic E-state index is 13.1. The SMILES string of the molecule is Fc1cccc(-c2nc3c(s2)CCNC3)c1. The second-order valence-electron chi connectivity index (χ2n) is 3.83. The third-order valence-corrected chi connectivity index (χ3v) is 3.88. The van der Waals surface area contributed by atoms with Crippen LogP contribution >= 0.6 is 11.3 Å². The Hall–Kier alpha value is -1.26. The Bertz CT molecular complexity index is 498. The van der Waals surface area contributed by atoms with E-state index in [1.807, 2.05) is 6.07 Å². The minimum Gasteiger partial charge on any atom is -0.311 e. The van der Waals surface area contributed by atoms with Gasteiger partial charge in [-0.1, -0.05) is 12.1 Å². The van der Waals surface area contributed by atoms with Crippen LogP contribution in [0.15, 0.2) is 24.3 Å². The van der Waals surface area contributed by atoms with Crippen LogP contribution in [0.25, 0.3) is 10.6 Å². The summed E-state index contributed by atoms with van der Waals surface area (Å²) in [7, 11) is 0. The highest BCUT2D eigenvalue weighted by atomic mass is 32.1. The zero-order valence-electron chi connectivity index (χ0n) is 8.66. The summed E-state index contributed by atoms with van der Waals surface area (Å²) in [6.45, 7) is 1.85. The van der Waals surface area contributed by atoms with Crippen LogP contribution in [0, 0.1) is 5.82 Å². The number of aromatic nitrogens is 1. The Labute approximate surface area is 97.2 Å². The Kier molecular flexibility index (Phi) is 2.46. The van der Waals surface area contributed by atoms with Crippen molar-refractivity contribution in [1.29, 1.82) is 0 Å². The molecule has 1 N–H and O–H groups in total. The van der Waals surface area contributed by atoms with E-state index in [2.05, 4.69) is 10.3 Å². The van der Waals surface area contributed by atoms with Crippen molar-refractivity contribution >= 4 is 11.3 Å². The van der Waals surface area contributed by atoms with Gasteiger partial charge in [0.2, 0.25) is 0 Å². The summed E-state index contributed by atoms with van der Waals surface area (Å²) < 4.78 is 13.1. The second-order valence-corrected chi connectivity index (χ2v) is 4.91. The van der Waals surface area contributed by atoms with Gasteiger partial charge in [0.15, 0.2) is 0 Å². The third-order valence-electron chi connectivity index (χ3n) is 2.67. The number of hydrogen-bond donors (Lipinski definition) is 1. The Balaban J connectivity index is 2.03. The lowest BCUT2D eigenvalue weighted by Gasteiger charge is -2.09. The van der Waals surface area contributed by atoms with Crippen LogP contribution < -0.4 is 5.32 Å². The maximum atomic E-state index is 13.1. The van der Waals surface area contributed by atoms with Gasteiger partial charge in [-0.25, -0.2) is 9.37 Å². The molecule has 0 aliphatic carbocycles. The van der Waals surface area contributed by atoms with E-state index in [1.165, 1.54) is 17.0 Å². The summed E-state index contributed by atoms with van der Waals surface area (Å²) >= 11 is 1.68. The standard InChI is InChI=1S/C12H11FN2S/c13-9-3-1-2-8(6-9)12-15-10-7-14-5-4-11(10)16-12/h1-3,6,14H,4-5,7H2. The molecule has 2 heterocycles. The first-order chi connectivity index (χ1) is 7.83. The van der Waals surface area contributed by atoms with Crippen LogP contribution in [-0.2, 0) is 13.0 Å². The van der Waals surface area contributed by atoms with Crippen molar-refractivity contribution in [2.24, 2.45) is 0 Å². The van der Waals surface area contributed by atoms with Gasteiger partial charge in [-0.2, -0.15) is 0 Å². The molecule has 1 aromatic heterocycles. The van der Waals surface area contributed by atoms with E-state index in [9.17, 15) is 4.39 Å². The summed E-state index contributed by atoms with van der Waals surface area (Å²) in [6, 6.07) is 6.63. The van der Waals surface area contributed by atoms with Gasteiger partial charge in [-0.05, 0) is 18.6 Å². The summed E-state index contributed by atoms with van der Waals surface area (Å²) in [5.74, 6) is -0.205. The molecule has 0 fully saturated rings. The van der Waals surface area contributed by atoms with E-state index < -0.39 is 0 Å². The number of nitrogens with zero attached hydrogens (tertiary/aromatic N) is 1. The second kappa shape index (κ2) is 3.96. The lowest BCUT2D eigenvalue weighted by atomic mass is 10.2. The van der Waals surface area contributed by atoms with Crippen LogP contribution in [0.3, 0.4) is 0 Å². The molecule has 4 heteroatoms. The Morgan fingerprint density at radius 3 is 3.12 bits per heavy atom. The lowest BCUT2D eigenvalue weighted by Crippen LogP contribution is -2.22. The smallest absolute Gasteiger partial charge is 0.124 e. The molecule has 0 saturated carbocycles. The highest BCUT2D eigenvalue weighted by Gasteiger charge is 2.15. The highest BCUT2D eigenvalue weighted by Crippen LogP contribution is 2.29. The van der Waals surface area contributed by atoms with Gasteiger partial charge >= 0.3 is 0 Å². The van der Waals surface area contributed by atoms with E-state index in [-0.39, 0.29) is 5.82 Å². The number of halogens is 1. The van der Waals surface area contributed by atoms with E-state index >= 15 is 0 Å². The topological polar surface area (TPSA) is 24.9 Å². The lowest BCUT2D eigenvalue weighted by molar-refractivity contribution is 0.628. The van der Waals surface area contributed by atoms with Gasteiger partial charge in [-0.15, -0.1) is 11.3 Å². The molecule has 2 nitrogen and oxygen atoms in total. The molecule has 0 unspecified atom stereocenters. The quantitative estimate of drug-likeness (QED) is 0.820. The molecule has 1 aliphatic heterocycles. The van der Waals surface area contributed by atoms with Gasteiger partial charge in [0, 0.05) is 23.5 Å². The number of thiazole rings is 1. The molecular formula is C12H11FN2S. The van der Waals surface area contributed by atoms with Crippen molar-refractivity contribution in [2.45, 2.75) is 13.0 Å². The molecule has 0 saturated heterocycles. The van der Waals surface area contributed by atoms with Crippen molar-refractivity contribution in [3.05, 3.63) is 40.7 Å². The molecule has 0 bridgehead atoms. The predicted octanol–water partition coefficient (Wildman–Crippen LogP) is 2.59. The first-order valence-electron chi connectivity index (χ1n) is 5.28. The van der Waals surface area contributed by atoms with Crippen LogP contribution in [0.4, 0.5) is 4.39 Å². The molecule has 0 amide bonds. The van der Waals surface area contributed by atoms with Crippen LogP contribution in [0.1, 0.15) is 10.6 Å². The molecular weight excluding hydrogens is 223 g/mol. The monoisotopic (exact) mass is 234 g/mol. The summed E-state index contributed by atoms with van der Waals surface area (Å²) in [5, 5.41) is 4.21. The van der Waals surface area contributed by atoms with E-state index in [1.54, 1.807) is 17.4 Å². The molecule has 3 rings (SSSR count). The van der Waals surface area contributed by atoms with E-state index in [0.717, 1.165) is 35.8 Å².